The fraction of sp³-hybridized carbons (Fsp3) is 0.263. The molecule has 0 amide bonds. The molecule has 20 heavy (non-hydrogen) atoms. The summed E-state index contributed by atoms with van der Waals surface area (Å²) in [5.74, 6) is 0.106. The molecule has 1 heteroatoms. The predicted octanol–water partition coefficient (Wildman–Crippen LogP) is 3.88. The van der Waals surface area contributed by atoms with Gasteiger partial charge in [0.25, 0.3) is 0 Å². The van der Waals surface area contributed by atoms with Crippen LogP contribution >= 0.6 is 0 Å². The Balaban J connectivity index is 1.71. The van der Waals surface area contributed by atoms with Crippen molar-refractivity contribution in [2.75, 3.05) is 0 Å². The first kappa shape index (κ1) is 13.1. The summed E-state index contributed by atoms with van der Waals surface area (Å²) in [5, 5.41) is 10.6. The third kappa shape index (κ3) is 2.54. The highest BCUT2D eigenvalue weighted by Crippen LogP contribution is 2.39. The summed E-state index contributed by atoms with van der Waals surface area (Å²) >= 11 is 0. The van der Waals surface area contributed by atoms with Gasteiger partial charge in [0.2, 0.25) is 0 Å². The van der Waals surface area contributed by atoms with Gasteiger partial charge in [-0.3, -0.25) is 0 Å². The largest absolute Gasteiger partial charge is 0.392 e. The Morgan fingerprint density at radius 2 is 1.75 bits per heavy atom. The minimum Gasteiger partial charge on any atom is -0.392 e. The molecule has 0 unspecified atom stereocenters. The standard InChI is InChI=1S/C19H20O/c1-14-13-16-9-5-6-10-17(16)19(14)18(20)12-11-15-7-3-2-4-8-15/h2-10,18-20H,1,11-13H2/t18-,19-/m1/s1. The number of rotatable bonds is 4. The van der Waals surface area contributed by atoms with Gasteiger partial charge in [-0.2, -0.15) is 0 Å². The van der Waals surface area contributed by atoms with Gasteiger partial charge in [-0.05, 0) is 36.0 Å². The number of aliphatic hydroxyl groups excluding tert-OH is 1. The lowest BCUT2D eigenvalue weighted by molar-refractivity contribution is 0.147. The van der Waals surface area contributed by atoms with E-state index in [-0.39, 0.29) is 12.0 Å². The molecule has 1 aliphatic carbocycles. The fourth-order valence-corrected chi connectivity index (χ4v) is 3.18. The van der Waals surface area contributed by atoms with Crippen LogP contribution in [-0.4, -0.2) is 11.2 Å². The highest BCUT2D eigenvalue weighted by atomic mass is 16.3. The summed E-state index contributed by atoms with van der Waals surface area (Å²) in [5.41, 5.74) is 5.01. The van der Waals surface area contributed by atoms with Crippen molar-refractivity contribution in [2.24, 2.45) is 0 Å². The molecule has 1 aliphatic rings. The Hall–Kier alpha value is -1.86. The third-order valence-electron chi connectivity index (χ3n) is 4.20. The molecule has 102 valence electrons. The minimum atomic E-state index is -0.341. The van der Waals surface area contributed by atoms with Gasteiger partial charge < -0.3 is 5.11 Å². The van der Waals surface area contributed by atoms with Gasteiger partial charge in [-0.1, -0.05) is 66.7 Å². The molecule has 0 saturated heterocycles. The van der Waals surface area contributed by atoms with E-state index in [0.29, 0.717) is 0 Å². The van der Waals surface area contributed by atoms with E-state index in [1.807, 2.05) is 24.3 Å². The van der Waals surface area contributed by atoms with E-state index in [0.717, 1.165) is 24.8 Å². The minimum absolute atomic E-state index is 0.106. The third-order valence-corrected chi connectivity index (χ3v) is 4.20. The monoisotopic (exact) mass is 264 g/mol. The highest BCUT2D eigenvalue weighted by molar-refractivity contribution is 5.45. The van der Waals surface area contributed by atoms with Crippen molar-refractivity contribution in [3.8, 4) is 0 Å². The Labute approximate surface area is 120 Å². The Morgan fingerprint density at radius 3 is 2.55 bits per heavy atom. The molecular weight excluding hydrogens is 244 g/mol. The van der Waals surface area contributed by atoms with E-state index in [4.69, 9.17) is 0 Å². The van der Waals surface area contributed by atoms with E-state index in [1.54, 1.807) is 0 Å². The molecule has 0 bridgehead atoms. The molecule has 0 spiro atoms. The Morgan fingerprint density at radius 1 is 1.05 bits per heavy atom. The Bertz CT molecular complexity index is 600. The maximum Gasteiger partial charge on any atom is 0.0649 e. The molecule has 0 fully saturated rings. The summed E-state index contributed by atoms with van der Waals surface area (Å²) in [6, 6.07) is 18.7. The van der Waals surface area contributed by atoms with Crippen LogP contribution in [0.5, 0.6) is 0 Å². The molecule has 0 heterocycles. The quantitative estimate of drug-likeness (QED) is 0.831. The first-order chi connectivity index (χ1) is 9.75. The topological polar surface area (TPSA) is 20.2 Å². The van der Waals surface area contributed by atoms with Gasteiger partial charge in [-0.15, -0.1) is 0 Å². The summed E-state index contributed by atoms with van der Waals surface area (Å²) in [7, 11) is 0. The van der Waals surface area contributed by atoms with Crippen LogP contribution in [0.2, 0.25) is 0 Å². The second-order valence-electron chi connectivity index (χ2n) is 5.60. The second kappa shape index (κ2) is 5.64. The number of aliphatic hydroxyl groups is 1. The molecule has 0 radical (unpaired) electrons. The van der Waals surface area contributed by atoms with Gasteiger partial charge >= 0.3 is 0 Å². The summed E-state index contributed by atoms with van der Waals surface area (Å²) < 4.78 is 0. The van der Waals surface area contributed by atoms with Crippen molar-refractivity contribution < 1.29 is 5.11 Å². The molecule has 0 aromatic heterocycles. The molecule has 3 rings (SSSR count). The van der Waals surface area contributed by atoms with Crippen molar-refractivity contribution in [2.45, 2.75) is 31.3 Å². The van der Waals surface area contributed by atoms with Crippen LogP contribution in [-0.2, 0) is 12.8 Å². The summed E-state index contributed by atoms with van der Waals surface area (Å²) in [6.07, 6.45) is 2.26. The zero-order valence-electron chi connectivity index (χ0n) is 11.6. The first-order valence-electron chi connectivity index (χ1n) is 7.23. The van der Waals surface area contributed by atoms with E-state index in [1.165, 1.54) is 16.7 Å². The van der Waals surface area contributed by atoms with Gasteiger partial charge in [0.15, 0.2) is 0 Å². The fourth-order valence-electron chi connectivity index (χ4n) is 3.18. The van der Waals surface area contributed by atoms with Crippen molar-refractivity contribution in [1.82, 2.24) is 0 Å². The average molecular weight is 264 g/mol. The second-order valence-corrected chi connectivity index (χ2v) is 5.60. The summed E-state index contributed by atoms with van der Waals surface area (Å²) in [4.78, 5) is 0. The van der Waals surface area contributed by atoms with Crippen LogP contribution in [0.3, 0.4) is 0 Å². The van der Waals surface area contributed by atoms with Crippen molar-refractivity contribution in [1.29, 1.82) is 0 Å². The lowest BCUT2D eigenvalue weighted by Gasteiger charge is -2.20. The SMILES string of the molecule is C=C1Cc2ccccc2[C@@H]1[C@H](O)CCc1ccccc1. The van der Waals surface area contributed by atoms with Gasteiger partial charge in [0.05, 0.1) is 6.10 Å². The number of aryl methyl sites for hydroxylation is 1. The number of fused-ring (bicyclic) bond motifs is 1. The molecule has 2 atom stereocenters. The molecular formula is C19H20O. The highest BCUT2D eigenvalue weighted by Gasteiger charge is 2.30. The number of hydrogen-bond acceptors (Lipinski definition) is 1. The predicted molar refractivity (Wildman–Crippen MR) is 82.8 cm³/mol. The van der Waals surface area contributed by atoms with Crippen LogP contribution in [0, 0.1) is 0 Å². The molecule has 0 aliphatic heterocycles. The molecule has 1 N–H and O–H groups in total. The number of benzene rings is 2. The van der Waals surface area contributed by atoms with Crippen LogP contribution < -0.4 is 0 Å². The summed E-state index contributed by atoms with van der Waals surface area (Å²) in [6.45, 7) is 4.17. The van der Waals surface area contributed by atoms with Gasteiger partial charge in [0.1, 0.15) is 0 Å². The molecule has 1 nitrogen and oxygen atoms in total. The van der Waals surface area contributed by atoms with E-state index < -0.39 is 0 Å². The maximum atomic E-state index is 10.6. The van der Waals surface area contributed by atoms with Crippen molar-refractivity contribution >= 4 is 0 Å². The normalized spacial score (nSPS) is 18.9. The van der Waals surface area contributed by atoms with Crippen LogP contribution in [0.1, 0.15) is 29.0 Å². The average Bonchev–Trinajstić information content (AvgIpc) is 2.82. The van der Waals surface area contributed by atoms with Crippen LogP contribution in [0.25, 0.3) is 0 Å². The van der Waals surface area contributed by atoms with Crippen LogP contribution in [0.4, 0.5) is 0 Å². The molecule has 0 saturated carbocycles. The molecule has 2 aromatic rings. The maximum absolute atomic E-state index is 10.6. The zero-order valence-corrected chi connectivity index (χ0v) is 11.6. The van der Waals surface area contributed by atoms with E-state index in [9.17, 15) is 5.11 Å². The van der Waals surface area contributed by atoms with Crippen LogP contribution in [0.15, 0.2) is 66.7 Å². The van der Waals surface area contributed by atoms with E-state index in [2.05, 4.69) is 36.9 Å². The van der Waals surface area contributed by atoms with E-state index >= 15 is 0 Å². The number of hydrogen-bond donors (Lipinski definition) is 1. The first-order valence-corrected chi connectivity index (χ1v) is 7.23. The zero-order chi connectivity index (χ0) is 13.9. The smallest absolute Gasteiger partial charge is 0.0649 e. The van der Waals surface area contributed by atoms with Crippen molar-refractivity contribution in [3.05, 3.63) is 83.4 Å². The lowest BCUT2D eigenvalue weighted by Crippen LogP contribution is -2.18. The van der Waals surface area contributed by atoms with Crippen molar-refractivity contribution in [3.63, 3.8) is 0 Å². The lowest BCUT2D eigenvalue weighted by atomic mass is 9.89. The molecule has 2 aromatic carbocycles. The Kier molecular flexibility index (Phi) is 3.70. The van der Waals surface area contributed by atoms with Gasteiger partial charge in [0, 0.05) is 5.92 Å². The van der Waals surface area contributed by atoms with Gasteiger partial charge in [-0.25, -0.2) is 0 Å².